The molecule has 0 saturated carbocycles. The summed E-state index contributed by atoms with van der Waals surface area (Å²) in [5.41, 5.74) is 13.3. The van der Waals surface area contributed by atoms with Crippen molar-refractivity contribution in [1.29, 1.82) is 0 Å². The summed E-state index contributed by atoms with van der Waals surface area (Å²) in [6.45, 7) is 19.4. The minimum absolute atomic E-state index is 0.352. The molecule has 0 bridgehead atoms. The van der Waals surface area contributed by atoms with Crippen molar-refractivity contribution in [1.82, 2.24) is 0 Å². The molecule has 0 aromatic heterocycles. The van der Waals surface area contributed by atoms with Crippen molar-refractivity contribution in [2.75, 3.05) is 0 Å². The Morgan fingerprint density at radius 2 is 1.47 bits per heavy atom. The fraction of sp³-hybridized carbons (Fsp3) is 0.357. The Bertz CT molecular complexity index is 1150. The van der Waals surface area contributed by atoms with Crippen LogP contribution in [0.5, 0.6) is 0 Å². The molecule has 0 heterocycles. The molecule has 0 aliphatic heterocycles. The molecule has 2 aromatic carbocycles. The summed E-state index contributed by atoms with van der Waals surface area (Å²) in [7, 11) is 0. The molecule has 0 spiro atoms. The molecule has 154 valence electrons. The van der Waals surface area contributed by atoms with Crippen LogP contribution in [0.25, 0.3) is 5.57 Å². The summed E-state index contributed by atoms with van der Waals surface area (Å²) >= 11 is -1.93. The van der Waals surface area contributed by atoms with Crippen LogP contribution in [0.3, 0.4) is 0 Å². The SMILES string of the molecule is CC1=C(C)C(C)[C]([Zr]([CH]2C=C(c3ccccc3)c3cc(C)c(C)cc32)=[Si](C)C)=C1C. The van der Waals surface area contributed by atoms with E-state index in [1.54, 1.807) is 22.3 Å². The Kier molecular flexibility index (Phi) is 6.12. The summed E-state index contributed by atoms with van der Waals surface area (Å²) in [5.74, 6) is 0.656. The van der Waals surface area contributed by atoms with Crippen LogP contribution in [-0.4, -0.2) is 5.43 Å². The topological polar surface area (TPSA) is 0 Å². The molecule has 0 amide bonds. The minimum atomic E-state index is -1.93. The van der Waals surface area contributed by atoms with Crippen LogP contribution in [0.2, 0.25) is 13.1 Å². The van der Waals surface area contributed by atoms with Gasteiger partial charge in [0.2, 0.25) is 0 Å². The number of benzene rings is 2. The van der Waals surface area contributed by atoms with E-state index < -0.39 is 20.4 Å². The Morgan fingerprint density at radius 3 is 2.03 bits per heavy atom. The Balaban J connectivity index is 1.95. The van der Waals surface area contributed by atoms with Crippen molar-refractivity contribution in [2.45, 2.75) is 58.3 Å². The van der Waals surface area contributed by atoms with Crippen LogP contribution in [-0.2, 0) is 20.4 Å². The normalized spacial score (nSPS) is 20.6. The quantitative estimate of drug-likeness (QED) is 0.384. The van der Waals surface area contributed by atoms with Crippen LogP contribution in [0.15, 0.2) is 68.5 Å². The molecular formula is C28H34SiZr. The van der Waals surface area contributed by atoms with Gasteiger partial charge in [-0.2, -0.15) is 0 Å². The number of rotatable bonds is 3. The van der Waals surface area contributed by atoms with E-state index in [0.29, 0.717) is 9.54 Å². The number of hydrogen-bond donors (Lipinski definition) is 0. The van der Waals surface area contributed by atoms with E-state index >= 15 is 0 Å². The van der Waals surface area contributed by atoms with Crippen LogP contribution in [0.1, 0.15) is 59.1 Å². The first-order valence-corrected chi connectivity index (χ1v) is 20.0. The first kappa shape index (κ1) is 22.0. The molecule has 0 saturated heterocycles. The van der Waals surface area contributed by atoms with E-state index in [0.717, 1.165) is 0 Å². The Hall–Kier alpha value is -1.24. The predicted molar refractivity (Wildman–Crippen MR) is 130 cm³/mol. The third kappa shape index (κ3) is 3.55. The number of hydrogen-bond acceptors (Lipinski definition) is 0. The van der Waals surface area contributed by atoms with Gasteiger partial charge in [0.1, 0.15) is 0 Å². The molecule has 2 unspecified atom stereocenters. The van der Waals surface area contributed by atoms with Gasteiger partial charge < -0.3 is 0 Å². The molecule has 30 heavy (non-hydrogen) atoms. The maximum absolute atomic E-state index is 2.70. The summed E-state index contributed by atoms with van der Waals surface area (Å²) in [5, 5.41) is 0. The van der Waals surface area contributed by atoms with E-state index in [1.807, 2.05) is 3.28 Å². The zero-order valence-corrected chi connectivity index (χ0v) is 23.2. The van der Waals surface area contributed by atoms with Gasteiger partial charge in [-0.3, -0.25) is 0 Å². The third-order valence-corrected chi connectivity index (χ3v) is 26.1. The van der Waals surface area contributed by atoms with Crippen molar-refractivity contribution in [3.63, 3.8) is 0 Å². The molecule has 0 radical (unpaired) electrons. The van der Waals surface area contributed by atoms with Crippen LogP contribution in [0, 0.1) is 19.8 Å². The molecule has 2 heteroatoms. The summed E-state index contributed by atoms with van der Waals surface area (Å²) in [4.78, 5) is 0. The van der Waals surface area contributed by atoms with Crippen LogP contribution < -0.4 is 0 Å². The second kappa shape index (κ2) is 8.36. The molecule has 0 fully saturated rings. The van der Waals surface area contributed by atoms with Gasteiger partial charge in [-0.15, -0.1) is 0 Å². The van der Waals surface area contributed by atoms with Gasteiger partial charge in [-0.05, 0) is 0 Å². The van der Waals surface area contributed by atoms with Gasteiger partial charge in [-0.1, -0.05) is 0 Å². The summed E-state index contributed by atoms with van der Waals surface area (Å²) in [6.07, 6.45) is 2.70. The zero-order valence-electron chi connectivity index (χ0n) is 19.8. The van der Waals surface area contributed by atoms with E-state index in [4.69, 9.17) is 0 Å². The van der Waals surface area contributed by atoms with Gasteiger partial charge in [0.05, 0.1) is 0 Å². The molecule has 2 aliphatic rings. The van der Waals surface area contributed by atoms with E-state index in [2.05, 4.69) is 103 Å². The van der Waals surface area contributed by atoms with Gasteiger partial charge in [0.15, 0.2) is 0 Å². The van der Waals surface area contributed by atoms with Crippen molar-refractivity contribution < 1.29 is 20.4 Å². The van der Waals surface area contributed by atoms with Crippen LogP contribution >= 0.6 is 0 Å². The van der Waals surface area contributed by atoms with Gasteiger partial charge >= 0.3 is 192 Å². The molecule has 2 aromatic rings. The predicted octanol–water partition coefficient (Wildman–Crippen LogP) is 7.92. The van der Waals surface area contributed by atoms with Crippen molar-refractivity contribution in [3.8, 4) is 0 Å². The van der Waals surface area contributed by atoms with Crippen molar-refractivity contribution in [3.05, 3.63) is 96.4 Å². The molecule has 0 nitrogen and oxygen atoms in total. The fourth-order valence-corrected chi connectivity index (χ4v) is 25.0. The standard InChI is InChI=1S/C17H15.C9H13.C2H6Si.Zr/c1-12-10-15-8-9-16(17(15)11-13(12)2)14-6-4-3-5-7-14;1-6-5-7(2)9(4)8(6)3;1-3-2;/h3-11H,1-2H3;6H,1-4H3;1-2H3;. The van der Waals surface area contributed by atoms with Crippen LogP contribution in [0.4, 0.5) is 0 Å². The Morgan fingerprint density at radius 1 is 0.833 bits per heavy atom. The van der Waals surface area contributed by atoms with Gasteiger partial charge in [0.25, 0.3) is 0 Å². The van der Waals surface area contributed by atoms with E-state index in [1.165, 1.54) is 27.8 Å². The Labute approximate surface area is 191 Å². The average molecular weight is 490 g/mol. The van der Waals surface area contributed by atoms with Gasteiger partial charge in [-0.25, -0.2) is 0 Å². The van der Waals surface area contributed by atoms with Crippen molar-refractivity contribution in [2.24, 2.45) is 5.92 Å². The molecular weight excluding hydrogens is 456 g/mol. The molecule has 2 atom stereocenters. The van der Waals surface area contributed by atoms with Gasteiger partial charge in [0, 0.05) is 0 Å². The average Bonchev–Trinajstić information content (AvgIpc) is 3.16. The number of fused-ring (bicyclic) bond motifs is 1. The van der Waals surface area contributed by atoms with E-state index in [9.17, 15) is 0 Å². The maximum atomic E-state index is 2.70. The first-order valence-electron chi connectivity index (χ1n) is 11.2. The summed E-state index contributed by atoms with van der Waals surface area (Å²) in [6, 6.07) is 16.1. The first-order chi connectivity index (χ1) is 14.2. The fourth-order valence-electron chi connectivity index (χ4n) is 5.33. The summed E-state index contributed by atoms with van der Waals surface area (Å²) < 4.78 is 2.58. The second-order valence-electron chi connectivity index (χ2n) is 9.43. The second-order valence-corrected chi connectivity index (χ2v) is 26.9. The molecule has 0 N–H and O–H groups in total. The van der Waals surface area contributed by atoms with E-state index in [-0.39, 0.29) is 5.43 Å². The molecule has 2 aliphatic carbocycles. The number of aryl methyl sites for hydroxylation is 2. The monoisotopic (exact) mass is 488 g/mol. The third-order valence-electron chi connectivity index (χ3n) is 7.49. The van der Waals surface area contributed by atoms with Crippen molar-refractivity contribution >= 4 is 11.0 Å². The number of allylic oxidation sites excluding steroid dienone is 5. The zero-order chi connectivity index (χ0) is 21.7. The molecule has 4 rings (SSSR count).